The number of hydrogen-bond donors (Lipinski definition) is 0. The number of anilines is 1. The topological polar surface area (TPSA) is 36.4 Å². The van der Waals surface area contributed by atoms with Crippen LogP contribution in [0.15, 0.2) is 42.5 Å². The number of aromatic nitrogens is 1. The molecule has 2 aliphatic heterocycles. The van der Waals surface area contributed by atoms with E-state index in [-0.39, 0.29) is 5.41 Å². The van der Waals surface area contributed by atoms with Crippen LogP contribution in [-0.4, -0.2) is 35.4 Å². The Labute approximate surface area is 149 Å². The number of nitrogens with zero attached hydrogens (tertiary/aromatic N) is 3. The van der Waals surface area contributed by atoms with Gasteiger partial charge in [0.15, 0.2) is 0 Å². The van der Waals surface area contributed by atoms with Crippen molar-refractivity contribution in [1.82, 2.24) is 9.88 Å². The number of carbonyl (C=O) groups excluding carboxylic acids is 1. The van der Waals surface area contributed by atoms with Crippen molar-refractivity contribution in [3.63, 3.8) is 0 Å². The van der Waals surface area contributed by atoms with Crippen LogP contribution in [0.25, 0.3) is 0 Å². The molecule has 25 heavy (non-hydrogen) atoms. The predicted octanol–water partition coefficient (Wildman–Crippen LogP) is 3.33. The van der Waals surface area contributed by atoms with Crippen LogP contribution < -0.4 is 4.90 Å². The third kappa shape index (κ3) is 3.01. The van der Waals surface area contributed by atoms with Crippen LogP contribution in [0, 0.1) is 19.3 Å². The fourth-order valence-electron chi connectivity index (χ4n) is 4.23. The number of benzene rings is 1. The fourth-order valence-corrected chi connectivity index (χ4v) is 4.23. The summed E-state index contributed by atoms with van der Waals surface area (Å²) in [5.41, 5.74) is 3.28. The van der Waals surface area contributed by atoms with Crippen LogP contribution in [0.2, 0.25) is 0 Å². The van der Waals surface area contributed by atoms with Crippen LogP contribution in [0.4, 0.5) is 5.82 Å². The number of likely N-dealkylation sites (tertiary alicyclic amines) is 1. The maximum atomic E-state index is 13.1. The summed E-state index contributed by atoms with van der Waals surface area (Å²) in [6, 6.07) is 14.6. The monoisotopic (exact) mass is 335 g/mol. The highest BCUT2D eigenvalue weighted by Gasteiger charge is 2.50. The van der Waals surface area contributed by atoms with Gasteiger partial charge in [-0.25, -0.2) is 4.98 Å². The van der Waals surface area contributed by atoms with Gasteiger partial charge in [0.1, 0.15) is 5.82 Å². The van der Waals surface area contributed by atoms with E-state index in [9.17, 15) is 4.79 Å². The molecule has 0 N–H and O–H groups in total. The highest BCUT2D eigenvalue weighted by molar-refractivity contribution is 5.86. The Bertz CT molecular complexity index is 803. The molecule has 1 atom stereocenters. The Kier molecular flexibility index (Phi) is 3.98. The Hall–Kier alpha value is -2.36. The molecule has 4 heteroatoms. The summed E-state index contributed by atoms with van der Waals surface area (Å²) in [5.74, 6) is 1.32. The lowest BCUT2D eigenvalue weighted by Crippen LogP contribution is -2.36. The summed E-state index contributed by atoms with van der Waals surface area (Å²) in [5, 5.41) is 0. The van der Waals surface area contributed by atoms with Crippen LogP contribution in [0.3, 0.4) is 0 Å². The van der Waals surface area contributed by atoms with E-state index in [0.29, 0.717) is 5.91 Å². The molecule has 2 aliphatic rings. The first-order chi connectivity index (χ1) is 12.1. The number of pyridine rings is 1. The molecule has 0 radical (unpaired) electrons. The molecule has 2 saturated heterocycles. The lowest BCUT2D eigenvalue weighted by Gasteiger charge is -2.24. The van der Waals surface area contributed by atoms with Crippen molar-refractivity contribution in [3.8, 4) is 0 Å². The van der Waals surface area contributed by atoms with E-state index in [1.165, 1.54) is 11.1 Å². The first-order valence-corrected chi connectivity index (χ1v) is 9.09. The van der Waals surface area contributed by atoms with Crippen LogP contribution in [0.5, 0.6) is 0 Å². The number of amides is 1. The van der Waals surface area contributed by atoms with Crippen molar-refractivity contribution in [1.29, 1.82) is 0 Å². The average Bonchev–Trinajstić information content (AvgIpc) is 3.15. The quantitative estimate of drug-likeness (QED) is 0.863. The number of carbonyl (C=O) groups is 1. The molecule has 0 unspecified atom stereocenters. The van der Waals surface area contributed by atoms with Crippen molar-refractivity contribution < 1.29 is 4.79 Å². The van der Waals surface area contributed by atoms with Gasteiger partial charge < -0.3 is 9.80 Å². The number of hydrogen-bond acceptors (Lipinski definition) is 3. The minimum absolute atomic E-state index is 0.213. The summed E-state index contributed by atoms with van der Waals surface area (Å²) in [4.78, 5) is 22.1. The zero-order valence-corrected chi connectivity index (χ0v) is 15.0. The van der Waals surface area contributed by atoms with Gasteiger partial charge in [-0.15, -0.1) is 0 Å². The van der Waals surface area contributed by atoms with E-state index in [0.717, 1.165) is 50.5 Å². The Morgan fingerprint density at radius 1 is 1.08 bits per heavy atom. The molecule has 0 aliphatic carbocycles. The van der Waals surface area contributed by atoms with Gasteiger partial charge in [0.2, 0.25) is 5.91 Å². The van der Waals surface area contributed by atoms with Crippen molar-refractivity contribution in [2.75, 3.05) is 24.5 Å². The number of rotatable bonds is 3. The van der Waals surface area contributed by atoms with Crippen molar-refractivity contribution in [2.45, 2.75) is 33.2 Å². The largest absolute Gasteiger partial charge is 0.355 e. The van der Waals surface area contributed by atoms with Crippen molar-refractivity contribution in [2.24, 2.45) is 5.41 Å². The fraction of sp³-hybridized carbons (Fsp3) is 0.429. The second-order valence-electron chi connectivity index (χ2n) is 7.55. The molecular weight excluding hydrogens is 310 g/mol. The highest BCUT2D eigenvalue weighted by atomic mass is 16.2. The van der Waals surface area contributed by atoms with Crippen LogP contribution in [0.1, 0.15) is 29.7 Å². The van der Waals surface area contributed by atoms with E-state index in [2.05, 4.69) is 47.1 Å². The second-order valence-corrected chi connectivity index (χ2v) is 7.55. The molecule has 1 amide bonds. The normalized spacial score (nSPS) is 23.0. The molecule has 4 rings (SSSR count). The van der Waals surface area contributed by atoms with Gasteiger partial charge in [-0.05, 0) is 44.4 Å². The standard InChI is InChI=1S/C21H25N3O/c1-16-5-3-7-18(13-16)14-23-11-9-21(20(23)25)10-12-24(15-21)19-8-4-6-17(2)22-19/h3-8,13H,9-12,14-15H2,1-2H3/t21-/m0/s1. The molecule has 0 bridgehead atoms. The predicted molar refractivity (Wildman–Crippen MR) is 99.5 cm³/mol. The Morgan fingerprint density at radius 3 is 2.68 bits per heavy atom. The van der Waals surface area contributed by atoms with Gasteiger partial charge >= 0.3 is 0 Å². The molecule has 3 heterocycles. The van der Waals surface area contributed by atoms with Crippen LogP contribution >= 0.6 is 0 Å². The Balaban J connectivity index is 1.48. The third-order valence-corrected chi connectivity index (χ3v) is 5.61. The smallest absolute Gasteiger partial charge is 0.231 e. The van der Waals surface area contributed by atoms with E-state index < -0.39 is 0 Å². The molecule has 1 aromatic carbocycles. The van der Waals surface area contributed by atoms with E-state index in [1.54, 1.807) is 0 Å². The van der Waals surface area contributed by atoms with Crippen LogP contribution in [-0.2, 0) is 11.3 Å². The molecule has 2 aromatic rings. The first-order valence-electron chi connectivity index (χ1n) is 9.09. The summed E-state index contributed by atoms with van der Waals surface area (Å²) in [6.45, 7) is 7.42. The lowest BCUT2D eigenvalue weighted by molar-refractivity contribution is -0.135. The average molecular weight is 335 g/mol. The lowest BCUT2D eigenvalue weighted by atomic mass is 9.85. The molecule has 0 saturated carbocycles. The Morgan fingerprint density at radius 2 is 1.88 bits per heavy atom. The van der Waals surface area contributed by atoms with Gasteiger partial charge in [-0.3, -0.25) is 4.79 Å². The highest BCUT2D eigenvalue weighted by Crippen LogP contribution is 2.42. The second kappa shape index (κ2) is 6.17. The third-order valence-electron chi connectivity index (χ3n) is 5.61. The SMILES string of the molecule is Cc1cccc(CN2CC[C@@]3(CCN(c4cccc(C)n4)C3)C2=O)c1. The number of aryl methyl sites for hydroxylation is 2. The van der Waals surface area contributed by atoms with Crippen molar-refractivity contribution in [3.05, 3.63) is 59.3 Å². The summed E-state index contributed by atoms with van der Waals surface area (Å²) in [7, 11) is 0. The van der Waals surface area contributed by atoms with Gasteiger partial charge in [-0.2, -0.15) is 0 Å². The van der Waals surface area contributed by atoms with E-state index in [4.69, 9.17) is 0 Å². The van der Waals surface area contributed by atoms with Gasteiger partial charge in [0, 0.05) is 31.9 Å². The summed E-state index contributed by atoms with van der Waals surface area (Å²) >= 11 is 0. The van der Waals surface area contributed by atoms with Gasteiger partial charge in [0.25, 0.3) is 0 Å². The minimum atomic E-state index is -0.213. The van der Waals surface area contributed by atoms with Gasteiger partial charge in [-0.1, -0.05) is 35.9 Å². The molecule has 130 valence electrons. The minimum Gasteiger partial charge on any atom is -0.355 e. The summed E-state index contributed by atoms with van der Waals surface area (Å²) in [6.07, 6.45) is 1.89. The molecule has 1 spiro atoms. The maximum Gasteiger partial charge on any atom is 0.231 e. The van der Waals surface area contributed by atoms with Gasteiger partial charge in [0.05, 0.1) is 5.41 Å². The maximum absolute atomic E-state index is 13.1. The van der Waals surface area contributed by atoms with Crippen molar-refractivity contribution >= 4 is 11.7 Å². The molecule has 1 aromatic heterocycles. The molecular formula is C21H25N3O. The molecule has 2 fully saturated rings. The van der Waals surface area contributed by atoms with E-state index >= 15 is 0 Å². The first kappa shape index (κ1) is 16.1. The van der Waals surface area contributed by atoms with E-state index in [1.807, 2.05) is 24.0 Å². The summed E-state index contributed by atoms with van der Waals surface area (Å²) < 4.78 is 0. The molecule has 4 nitrogen and oxygen atoms in total. The zero-order valence-electron chi connectivity index (χ0n) is 15.0. The zero-order chi connectivity index (χ0) is 17.4.